The van der Waals surface area contributed by atoms with Gasteiger partial charge in [0.25, 0.3) is 11.8 Å². The summed E-state index contributed by atoms with van der Waals surface area (Å²) in [6.45, 7) is 5.57. The van der Waals surface area contributed by atoms with Gasteiger partial charge in [0.2, 0.25) is 0 Å². The maximum atomic E-state index is 13.8. The second kappa shape index (κ2) is 15.5. The van der Waals surface area contributed by atoms with Crippen molar-refractivity contribution in [3.8, 4) is 5.75 Å². The van der Waals surface area contributed by atoms with Gasteiger partial charge in [-0.3, -0.25) is 9.59 Å². The van der Waals surface area contributed by atoms with Crippen LogP contribution in [0.15, 0.2) is 78.2 Å². The number of rotatable bonds is 14. The Labute approximate surface area is 263 Å². The van der Waals surface area contributed by atoms with Gasteiger partial charge in [0.1, 0.15) is 10.8 Å². The van der Waals surface area contributed by atoms with Crippen LogP contribution in [0.5, 0.6) is 5.75 Å². The van der Waals surface area contributed by atoms with Crippen LogP contribution >= 0.6 is 11.3 Å². The Hall–Kier alpha value is -4.21. The van der Waals surface area contributed by atoms with E-state index in [1.165, 1.54) is 11.3 Å². The van der Waals surface area contributed by atoms with Crippen LogP contribution in [-0.2, 0) is 19.5 Å². The maximum absolute atomic E-state index is 13.8. The van der Waals surface area contributed by atoms with Crippen molar-refractivity contribution in [3.63, 3.8) is 0 Å². The van der Waals surface area contributed by atoms with Crippen LogP contribution in [0.4, 0.5) is 5.69 Å². The number of methoxy groups -OCH3 is 1. The van der Waals surface area contributed by atoms with Crippen LogP contribution in [0.1, 0.15) is 61.8 Å². The Kier molecular flexibility index (Phi) is 11.0. The quantitative estimate of drug-likeness (QED) is 0.163. The lowest BCUT2D eigenvalue weighted by molar-refractivity contribution is 0.0935. The largest absolute Gasteiger partial charge is 0.497 e. The van der Waals surface area contributed by atoms with E-state index in [0.717, 1.165) is 72.2 Å². The SMILES string of the molecule is COc1cccc(CNCC[C@H](Cc2ccccc2)NC(=O)c2cc(C(=O)NCc3nc(C)cs3)cc(N3CCCC3)c2)c1. The summed E-state index contributed by atoms with van der Waals surface area (Å²) in [4.78, 5) is 33.7. The van der Waals surface area contributed by atoms with Gasteiger partial charge in [0.15, 0.2) is 0 Å². The first-order valence-electron chi connectivity index (χ1n) is 15.2. The molecule has 3 N–H and O–H groups in total. The molecule has 0 unspecified atom stereocenters. The lowest BCUT2D eigenvalue weighted by Gasteiger charge is -2.22. The van der Waals surface area contributed by atoms with Gasteiger partial charge in [-0.25, -0.2) is 4.98 Å². The average molecular weight is 612 g/mol. The van der Waals surface area contributed by atoms with E-state index < -0.39 is 0 Å². The van der Waals surface area contributed by atoms with E-state index in [-0.39, 0.29) is 17.9 Å². The summed E-state index contributed by atoms with van der Waals surface area (Å²) < 4.78 is 5.34. The van der Waals surface area contributed by atoms with Crippen molar-refractivity contribution >= 4 is 28.8 Å². The summed E-state index contributed by atoms with van der Waals surface area (Å²) in [5.41, 5.74) is 5.12. The molecule has 2 amide bonds. The van der Waals surface area contributed by atoms with Gasteiger partial charge in [-0.2, -0.15) is 0 Å². The zero-order valence-corrected chi connectivity index (χ0v) is 26.3. The number of hydrogen-bond acceptors (Lipinski definition) is 7. The minimum atomic E-state index is -0.212. The number of nitrogens with zero attached hydrogens (tertiary/aromatic N) is 2. The van der Waals surface area contributed by atoms with Crippen molar-refractivity contribution in [2.45, 2.75) is 51.7 Å². The van der Waals surface area contributed by atoms with Gasteiger partial charge in [-0.05, 0) is 80.6 Å². The first-order chi connectivity index (χ1) is 21.5. The molecule has 8 nitrogen and oxygen atoms in total. The summed E-state index contributed by atoms with van der Waals surface area (Å²) in [5.74, 6) is 0.445. The number of benzene rings is 3. The highest BCUT2D eigenvalue weighted by Crippen LogP contribution is 2.24. The monoisotopic (exact) mass is 611 g/mol. The minimum absolute atomic E-state index is 0.0939. The molecule has 44 heavy (non-hydrogen) atoms. The van der Waals surface area contributed by atoms with Gasteiger partial charge in [0, 0.05) is 53.6 Å². The Bertz CT molecular complexity index is 1530. The smallest absolute Gasteiger partial charge is 0.251 e. The van der Waals surface area contributed by atoms with Crippen LogP contribution < -0.4 is 25.6 Å². The van der Waals surface area contributed by atoms with Crippen LogP contribution in [0.25, 0.3) is 0 Å². The number of aromatic nitrogens is 1. The highest BCUT2D eigenvalue weighted by Gasteiger charge is 2.21. The van der Waals surface area contributed by atoms with Crippen molar-refractivity contribution in [1.82, 2.24) is 20.9 Å². The Balaban J connectivity index is 1.29. The van der Waals surface area contributed by atoms with Gasteiger partial charge >= 0.3 is 0 Å². The third-order valence-corrected chi connectivity index (χ3v) is 8.74. The van der Waals surface area contributed by atoms with Crippen molar-refractivity contribution in [2.24, 2.45) is 0 Å². The molecule has 0 radical (unpaired) electrons. The number of ether oxygens (including phenoxy) is 1. The molecular weight excluding hydrogens is 570 g/mol. The number of amides is 2. The number of carbonyl (C=O) groups excluding carboxylic acids is 2. The molecule has 0 saturated carbocycles. The molecule has 0 aliphatic carbocycles. The number of nitrogens with one attached hydrogen (secondary N) is 3. The van der Waals surface area contributed by atoms with E-state index in [1.54, 1.807) is 13.2 Å². The van der Waals surface area contributed by atoms with Crippen molar-refractivity contribution in [1.29, 1.82) is 0 Å². The van der Waals surface area contributed by atoms with E-state index >= 15 is 0 Å². The molecule has 1 aromatic heterocycles. The van der Waals surface area contributed by atoms with Crippen molar-refractivity contribution < 1.29 is 14.3 Å². The summed E-state index contributed by atoms with van der Waals surface area (Å²) in [6.07, 6.45) is 3.66. The molecule has 1 atom stereocenters. The Morgan fingerprint density at radius 1 is 0.932 bits per heavy atom. The molecule has 1 fully saturated rings. The molecule has 0 spiro atoms. The predicted octanol–water partition coefficient (Wildman–Crippen LogP) is 5.51. The van der Waals surface area contributed by atoms with E-state index in [0.29, 0.717) is 30.6 Å². The fourth-order valence-electron chi connectivity index (χ4n) is 5.46. The summed E-state index contributed by atoms with van der Waals surface area (Å²) >= 11 is 1.53. The molecule has 1 aliphatic rings. The molecular formula is C35H41N5O3S. The topological polar surface area (TPSA) is 95.6 Å². The number of carbonyl (C=O) groups is 2. The second-order valence-electron chi connectivity index (χ2n) is 11.2. The number of thiazole rings is 1. The third-order valence-electron chi connectivity index (χ3n) is 7.77. The molecule has 3 aromatic carbocycles. The van der Waals surface area contributed by atoms with Gasteiger partial charge in [-0.1, -0.05) is 42.5 Å². The molecule has 230 valence electrons. The van der Waals surface area contributed by atoms with E-state index in [2.05, 4.69) is 44.0 Å². The first kappa shape index (κ1) is 31.2. The lowest BCUT2D eigenvalue weighted by atomic mass is 10.0. The van der Waals surface area contributed by atoms with E-state index in [1.807, 2.05) is 60.8 Å². The van der Waals surface area contributed by atoms with Crippen LogP contribution in [0, 0.1) is 6.92 Å². The molecule has 9 heteroatoms. The molecule has 2 heterocycles. The standard InChI is InChI=1S/C35H41N5O3S/c1-25-24-44-33(38-25)23-37-34(41)28-19-29(21-31(20-28)40-15-6-7-16-40)35(42)39-30(17-26-9-4-3-5-10-26)13-14-36-22-27-11-8-12-32(18-27)43-2/h3-5,8-12,18-21,24,30,36H,6-7,13-17,22-23H2,1-2H3,(H,37,41)(H,39,42)/t30-/m1/s1. The number of aryl methyl sites for hydroxylation is 1. The van der Waals surface area contributed by atoms with E-state index in [4.69, 9.17) is 4.74 Å². The normalized spacial score (nSPS) is 13.5. The average Bonchev–Trinajstić information content (AvgIpc) is 3.74. The van der Waals surface area contributed by atoms with Crippen LogP contribution in [0.3, 0.4) is 0 Å². The fourth-order valence-corrected chi connectivity index (χ4v) is 6.17. The van der Waals surface area contributed by atoms with E-state index in [9.17, 15) is 9.59 Å². The lowest BCUT2D eigenvalue weighted by Crippen LogP contribution is -2.39. The molecule has 4 aromatic rings. The van der Waals surface area contributed by atoms with Crippen molar-refractivity contribution in [3.05, 3.63) is 111 Å². The highest BCUT2D eigenvalue weighted by atomic mass is 32.1. The fraction of sp³-hybridized carbons (Fsp3) is 0.343. The summed E-state index contributed by atoms with van der Waals surface area (Å²) in [7, 11) is 1.67. The van der Waals surface area contributed by atoms with Crippen LogP contribution in [-0.4, -0.2) is 49.6 Å². The second-order valence-corrected chi connectivity index (χ2v) is 12.1. The molecule has 1 saturated heterocycles. The summed E-state index contributed by atoms with van der Waals surface area (Å²) in [6, 6.07) is 23.7. The van der Waals surface area contributed by atoms with Gasteiger partial charge in [0.05, 0.1) is 13.7 Å². The Morgan fingerprint density at radius 2 is 1.68 bits per heavy atom. The summed E-state index contributed by atoms with van der Waals surface area (Å²) in [5, 5.41) is 12.6. The van der Waals surface area contributed by atoms with Crippen LogP contribution in [0.2, 0.25) is 0 Å². The first-order valence-corrected chi connectivity index (χ1v) is 16.1. The minimum Gasteiger partial charge on any atom is -0.497 e. The Morgan fingerprint density at radius 3 is 2.41 bits per heavy atom. The molecule has 0 bridgehead atoms. The molecule has 1 aliphatic heterocycles. The number of hydrogen-bond donors (Lipinski definition) is 3. The maximum Gasteiger partial charge on any atom is 0.251 e. The van der Waals surface area contributed by atoms with Gasteiger partial charge in [-0.15, -0.1) is 11.3 Å². The zero-order valence-electron chi connectivity index (χ0n) is 25.5. The van der Waals surface area contributed by atoms with Crippen molar-refractivity contribution in [2.75, 3.05) is 31.6 Å². The zero-order chi connectivity index (χ0) is 30.7. The highest BCUT2D eigenvalue weighted by molar-refractivity contribution is 7.09. The third kappa shape index (κ3) is 8.90. The van der Waals surface area contributed by atoms with Gasteiger partial charge < -0.3 is 25.6 Å². The predicted molar refractivity (Wildman–Crippen MR) is 177 cm³/mol. The number of anilines is 1. The molecule has 5 rings (SSSR count).